The summed E-state index contributed by atoms with van der Waals surface area (Å²) in [6, 6.07) is 4.00. The third-order valence-electron chi connectivity index (χ3n) is 4.93. The molecule has 26 heavy (non-hydrogen) atoms. The van der Waals surface area contributed by atoms with Gasteiger partial charge in [-0.2, -0.15) is 0 Å². The molecule has 0 atom stereocenters. The first-order valence-corrected chi connectivity index (χ1v) is 9.66. The van der Waals surface area contributed by atoms with Gasteiger partial charge in [-0.25, -0.2) is 0 Å². The fourth-order valence-corrected chi connectivity index (χ4v) is 4.01. The molecule has 7 heteroatoms. The van der Waals surface area contributed by atoms with Crippen molar-refractivity contribution < 1.29 is 4.79 Å². The number of pyridine rings is 2. The highest BCUT2D eigenvalue weighted by molar-refractivity contribution is 7.14. The van der Waals surface area contributed by atoms with Crippen molar-refractivity contribution in [1.29, 1.82) is 0 Å². The first-order valence-electron chi connectivity index (χ1n) is 8.85. The van der Waals surface area contributed by atoms with E-state index in [1.54, 1.807) is 12.4 Å². The molecule has 0 unspecified atom stereocenters. The number of carbonyl (C=O) groups excluding carboxylic acids is 1. The second-order valence-electron chi connectivity index (χ2n) is 6.94. The van der Waals surface area contributed by atoms with Crippen LogP contribution in [0.1, 0.15) is 23.5 Å². The Hall–Kier alpha value is -2.25. The van der Waals surface area contributed by atoms with Crippen molar-refractivity contribution in [2.75, 3.05) is 20.1 Å². The van der Waals surface area contributed by atoms with Gasteiger partial charge in [0.1, 0.15) is 16.5 Å². The zero-order valence-electron chi connectivity index (χ0n) is 15.0. The van der Waals surface area contributed by atoms with Gasteiger partial charge in [-0.05, 0) is 57.4 Å². The van der Waals surface area contributed by atoms with Crippen LogP contribution in [0, 0.1) is 12.8 Å². The zero-order chi connectivity index (χ0) is 18.1. The average molecular weight is 367 g/mol. The Balaban J connectivity index is 1.55. The maximum atomic E-state index is 12.6. The van der Waals surface area contributed by atoms with Crippen molar-refractivity contribution in [1.82, 2.24) is 25.1 Å². The number of hydrogen-bond donors (Lipinski definition) is 0. The summed E-state index contributed by atoms with van der Waals surface area (Å²) in [7, 11) is 2.11. The molecule has 1 saturated heterocycles. The van der Waals surface area contributed by atoms with Crippen molar-refractivity contribution in [3.8, 4) is 10.7 Å². The van der Waals surface area contributed by atoms with E-state index in [-0.39, 0.29) is 5.92 Å². The van der Waals surface area contributed by atoms with Gasteiger partial charge in [0.15, 0.2) is 5.01 Å². The first-order chi connectivity index (χ1) is 12.6. The molecule has 1 aliphatic heterocycles. The molecule has 3 aromatic rings. The number of hydrogen-bond acceptors (Lipinski definition) is 7. The molecule has 0 N–H and O–H groups in total. The van der Waals surface area contributed by atoms with E-state index in [1.807, 2.05) is 19.1 Å². The van der Waals surface area contributed by atoms with Crippen LogP contribution in [-0.4, -0.2) is 51.0 Å². The van der Waals surface area contributed by atoms with Gasteiger partial charge in [-0.1, -0.05) is 11.3 Å². The summed E-state index contributed by atoms with van der Waals surface area (Å²) in [6.07, 6.45) is 5.91. The Kier molecular flexibility index (Phi) is 4.74. The Bertz CT molecular complexity index is 946. The van der Waals surface area contributed by atoms with Gasteiger partial charge in [0.2, 0.25) is 0 Å². The molecular weight excluding hydrogens is 346 g/mol. The maximum Gasteiger partial charge on any atom is 0.166 e. The number of ketones is 1. The number of nitrogens with zero attached hydrogens (tertiary/aromatic N) is 5. The van der Waals surface area contributed by atoms with Crippen LogP contribution in [0.3, 0.4) is 0 Å². The second kappa shape index (κ2) is 7.17. The van der Waals surface area contributed by atoms with Gasteiger partial charge in [0, 0.05) is 35.8 Å². The van der Waals surface area contributed by atoms with Crippen molar-refractivity contribution in [2.45, 2.75) is 26.2 Å². The number of carbonyl (C=O) groups is 1. The lowest BCUT2D eigenvalue weighted by Crippen LogP contribution is -2.34. The SMILES string of the molecule is Cc1nnc(-c2cc3cc(CC(=O)C4CCN(C)CC4)ncc3cn2)s1. The van der Waals surface area contributed by atoms with Crippen molar-refractivity contribution in [3.63, 3.8) is 0 Å². The van der Waals surface area contributed by atoms with Crippen LogP contribution in [0.2, 0.25) is 0 Å². The number of likely N-dealkylation sites (tertiary alicyclic amines) is 1. The molecular formula is C19H21N5OS. The minimum absolute atomic E-state index is 0.168. The lowest BCUT2D eigenvalue weighted by molar-refractivity contribution is -0.123. The lowest BCUT2D eigenvalue weighted by atomic mass is 9.90. The van der Waals surface area contributed by atoms with Gasteiger partial charge in [-0.3, -0.25) is 14.8 Å². The minimum Gasteiger partial charge on any atom is -0.306 e. The Morgan fingerprint density at radius 2 is 1.92 bits per heavy atom. The van der Waals surface area contributed by atoms with Gasteiger partial charge in [0.05, 0.1) is 0 Å². The van der Waals surface area contributed by atoms with E-state index in [4.69, 9.17) is 0 Å². The topological polar surface area (TPSA) is 71.9 Å². The van der Waals surface area contributed by atoms with E-state index in [1.165, 1.54) is 11.3 Å². The number of Topliss-reactive ketones (excluding diaryl/α,β-unsaturated/α-hetero) is 1. The van der Waals surface area contributed by atoms with Gasteiger partial charge >= 0.3 is 0 Å². The molecule has 0 radical (unpaired) electrons. The van der Waals surface area contributed by atoms with Crippen molar-refractivity contribution in [2.24, 2.45) is 5.92 Å². The molecule has 0 aromatic carbocycles. The maximum absolute atomic E-state index is 12.6. The molecule has 0 aliphatic carbocycles. The summed E-state index contributed by atoms with van der Waals surface area (Å²) in [5, 5.41) is 11.9. The van der Waals surface area contributed by atoms with Gasteiger partial charge < -0.3 is 4.90 Å². The van der Waals surface area contributed by atoms with E-state index < -0.39 is 0 Å². The third kappa shape index (κ3) is 3.64. The van der Waals surface area contributed by atoms with E-state index >= 15 is 0 Å². The van der Waals surface area contributed by atoms with E-state index in [0.717, 1.165) is 58.1 Å². The number of fused-ring (bicyclic) bond motifs is 1. The molecule has 0 spiro atoms. The first kappa shape index (κ1) is 17.2. The minimum atomic E-state index is 0.168. The quantitative estimate of drug-likeness (QED) is 0.706. The van der Waals surface area contributed by atoms with Crippen LogP contribution in [-0.2, 0) is 11.2 Å². The van der Waals surface area contributed by atoms with E-state index in [9.17, 15) is 4.79 Å². The molecule has 0 amide bonds. The molecule has 3 aromatic heterocycles. The highest BCUT2D eigenvalue weighted by Crippen LogP contribution is 2.25. The van der Waals surface area contributed by atoms with Crippen molar-refractivity contribution >= 4 is 27.9 Å². The summed E-state index contributed by atoms with van der Waals surface area (Å²) in [5.74, 6) is 0.472. The van der Waals surface area contributed by atoms with Crippen LogP contribution < -0.4 is 0 Å². The fraction of sp³-hybridized carbons (Fsp3) is 0.421. The van der Waals surface area contributed by atoms with Crippen LogP contribution in [0.15, 0.2) is 24.5 Å². The lowest BCUT2D eigenvalue weighted by Gasteiger charge is -2.27. The Morgan fingerprint density at radius 1 is 1.15 bits per heavy atom. The largest absolute Gasteiger partial charge is 0.306 e. The highest BCUT2D eigenvalue weighted by atomic mass is 32.1. The van der Waals surface area contributed by atoms with E-state index in [0.29, 0.717) is 12.2 Å². The third-order valence-corrected chi connectivity index (χ3v) is 5.80. The summed E-state index contributed by atoms with van der Waals surface area (Å²) >= 11 is 1.52. The standard InChI is InChI=1S/C19H21N5OS/c1-12-22-23-19(26-12)17-8-14-7-16(20-10-15(14)11-21-17)9-18(25)13-3-5-24(2)6-4-13/h7-8,10-11,13H,3-6,9H2,1-2H3. The average Bonchev–Trinajstić information content (AvgIpc) is 3.08. The second-order valence-corrected chi connectivity index (χ2v) is 8.12. The van der Waals surface area contributed by atoms with Crippen LogP contribution in [0.25, 0.3) is 21.5 Å². The van der Waals surface area contributed by atoms with Gasteiger partial charge in [0.25, 0.3) is 0 Å². The monoisotopic (exact) mass is 367 g/mol. The number of aromatic nitrogens is 4. The van der Waals surface area contributed by atoms with Crippen LogP contribution in [0.5, 0.6) is 0 Å². The van der Waals surface area contributed by atoms with Crippen molar-refractivity contribution in [3.05, 3.63) is 35.2 Å². The fourth-order valence-electron chi connectivity index (χ4n) is 3.35. The predicted molar refractivity (Wildman–Crippen MR) is 102 cm³/mol. The molecule has 4 rings (SSSR count). The summed E-state index contributed by atoms with van der Waals surface area (Å²) in [4.78, 5) is 23.8. The molecule has 1 fully saturated rings. The number of rotatable bonds is 4. The van der Waals surface area contributed by atoms with Crippen LogP contribution >= 0.6 is 11.3 Å². The zero-order valence-corrected chi connectivity index (χ0v) is 15.8. The molecule has 1 aliphatic rings. The smallest absolute Gasteiger partial charge is 0.166 e. The summed E-state index contributed by atoms with van der Waals surface area (Å²) in [5.41, 5.74) is 1.63. The van der Waals surface area contributed by atoms with E-state index in [2.05, 4.69) is 32.1 Å². The number of aryl methyl sites for hydroxylation is 1. The normalized spacial score (nSPS) is 16.2. The molecule has 4 heterocycles. The summed E-state index contributed by atoms with van der Waals surface area (Å²) < 4.78 is 0. The Labute approximate surface area is 156 Å². The highest BCUT2D eigenvalue weighted by Gasteiger charge is 2.23. The number of piperidine rings is 1. The van der Waals surface area contributed by atoms with Gasteiger partial charge in [-0.15, -0.1) is 10.2 Å². The summed E-state index contributed by atoms with van der Waals surface area (Å²) in [6.45, 7) is 3.93. The molecule has 134 valence electrons. The molecule has 6 nitrogen and oxygen atoms in total. The molecule has 0 bridgehead atoms. The Morgan fingerprint density at radius 3 is 2.65 bits per heavy atom. The predicted octanol–water partition coefficient (Wildman–Crippen LogP) is 2.91. The molecule has 0 saturated carbocycles. The van der Waals surface area contributed by atoms with Crippen LogP contribution in [0.4, 0.5) is 0 Å².